The third kappa shape index (κ3) is 4.33. The van der Waals surface area contributed by atoms with Gasteiger partial charge in [-0.2, -0.15) is 0 Å². The molecule has 0 fully saturated rings. The van der Waals surface area contributed by atoms with Gasteiger partial charge in [0.15, 0.2) is 0 Å². The van der Waals surface area contributed by atoms with E-state index < -0.39 is 0 Å². The molecule has 2 aromatic rings. The lowest BCUT2D eigenvalue weighted by atomic mass is 10.0. The summed E-state index contributed by atoms with van der Waals surface area (Å²) in [6.07, 6.45) is 0. The number of anilines is 1. The van der Waals surface area contributed by atoms with E-state index >= 15 is 0 Å². The van der Waals surface area contributed by atoms with Gasteiger partial charge in [0.25, 0.3) is 5.91 Å². The van der Waals surface area contributed by atoms with E-state index in [1.807, 2.05) is 19.1 Å². The number of rotatable bonds is 6. The van der Waals surface area contributed by atoms with E-state index in [1.165, 1.54) is 16.7 Å². The molecule has 4 heteroatoms. The highest BCUT2D eigenvalue weighted by Crippen LogP contribution is 2.20. The van der Waals surface area contributed by atoms with E-state index in [1.54, 1.807) is 6.07 Å². The van der Waals surface area contributed by atoms with Crippen LogP contribution in [0, 0.1) is 20.8 Å². The summed E-state index contributed by atoms with van der Waals surface area (Å²) in [5, 5.41) is 14.9. The lowest BCUT2D eigenvalue weighted by Crippen LogP contribution is -2.27. The first-order valence-corrected chi connectivity index (χ1v) is 7.81. The number of amides is 1. The Morgan fingerprint density at radius 1 is 1.13 bits per heavy atom. The summed E-state index contributed by atoms with van der Waals surface area (Å²) >= 11 is 0. The molecule has 0 spiro atoms. The van der Waals surface area contributed by atoms with Gasteiger partial charge in [-0.25, -0.2) is 0 Å². The second-order valence-corrected chi connectivity index (χ2v) is 5.74. The maximum absolute atomic E-state index is 12.1. The molecule has 0 aliphatic rings. The fraction of sp³-hybridized carbons (Fsp3) is 0.316. The summed E-state index contributed by atoms with van der Waals surface area (Å²) in [5.41, 5.74) is 6.22. The minimum absolute atomic E-state index is 0.0602. The molecule has 4 nitrogen and oxygen atoms in total. The topological polar surface area (TPSA) is 61.4 Å². The highest BCUT2D eigenvalue weighted by atomic mass is 16.3. The first-order valence-electron chi connectivity index (χ1n) is 7.81. The van der Waals surface area contributed by atoms with Crippen molar-refractivity contribution in [1.82, 2.24) is 5.32 Å². The normalized spacial score (nSPS) is 10.4. The average molecular weight is 312 g/mol. The Morgan fingerprint density at radius 2 is 1.91 bits per heavy atom. The molecule has 0 saturated heterocycles. The Bertz CT molecular complexity index is 696. The van der Waals surface area contributed by atoms with E-state index in [-0.39, 0.29) is 19.1 Å². The van der Waals surface area contributed by atoms with E-state index in [2.05, 4.69) is 42.7 Å². The molecule has 1 amide bonds. The molecule has 0 aliphatic heterocycles. The van der Waals surface area contributed by atoms with Crippen molar-refractivity contribution in [1.29, 1.82) is 0 Å². The number of hydrogen-bond acceptors (Lipinski definition) is 3. The predicted octanol–water partition coefficient (Wildman–Crippen LogP) is 2.95. The van der Waals surface area contributed by atoms with Crippen LogP contribution in [0.25, 0.3) is 0 Å². The zero-order valence-corrected chi connectivity index (χ0v) is 13.9. The van der Waals surface area contributed by atoms with Crippen LogP contribution in [0.5, 0.6) is 0 Å². The van der Waals surface area contributed by atoms with E-state index in [0.717, 1.165) is 17.8 Å². The van der Waals surface area contributed by atoms with Crippen LogP contribution < -0.4 is 10.6 Å². The Morgan fingerprint density at radius 3 is 2.65 bits per heavy atom. The number of benzene rings is 2. The number of hydrogen-bond donors (Lipinski definition) is 3. The Labute approximate surface area is 137 Å². The predicted molar refractivity (Wildman–Crippen MR) is 93.8 cm³/mol. The van der Waals surface area contributed by atoms with Gasteiger partial charge < -0.3 is 15.7 Å². The molecular formula is C19H24N2O2. The van der Waals surface area contributed by atoms with Crippen LogP contribution in [-0.4, -0.2) is 24.2 Å². The molecule has 0 unspecified atom stereocenters. The van der Waals surface area contributed by atoms with Gasteiger partial charge in [0.2, 0.25) is 0 Å². The average Bonchev–Trinajstić information content (AvgIpc) is 2.54. The van der Waals surface area contributed by atoms with Crippen molar-refractivity contribution in [3.63, 3.8) is 0 Å². The largest absolute Gasteiger partial charge is 0.395 e. The quantitative estimate of drug-likeness (QED) is 0.768. The highest BCUT2D eigenvalue weighted by Gasteiger charge is 2.11. The van der Waals surface area contributed by atoms with Crippen molar-refractivity contribution in [2.24, 2.45) is 0 Å². The first kappa shape index (κ1) is 17.0. The van der Waals surface area contributed by atoms with Gasteiger partial charge in [-0.15, -0.1) is 0 Å². The molecule has 0 bridgehead atoms. The number of aryl methyl sites for hydroxylation is 2. The van der Waals surface area contributed by atoms with Gasteiger partial charge >= 0.3 is 0 Å². The number of carbonyl (C=O) groups excluding carboxylic acids is 1. The monoisotopic (exact) mass is 312 g/mol. The molecule has 0 radical (unpaired) electrons. The smallest absolute Gasteiger partial charge is 0.251 e. The van der Waals surface area contributed by atoms with Gasteiger partial charge in [-0.1, -0.05) is 29.8 Å². The first-order chi connectivity index (χ1) is 11.0. The van der Waals surface area contributed by atoms with E-state index in [9.17, 15) is 4.79 Å². The maximum atomic E-state index is 12.1. The lowest BCUT2D eigenvalue weighted by Gasteiger charge is -2.14. The van der Waals surface area contributed by atoms with Gasteiger partial charge in [0.05, 0.1) is 6.61 Å². The second kappa shape index (κ2) is 7.79. The van der Waals surface area contributed by atoms with Gasteiger partial charge in [-0.3, -0.25) is 4.79 Å². The van der Waals surface area contributed by atoms with Crippen LogP contribution in [-0.2, 0) is 6.54 Å². The van der Waals surface area contributed by atoms with Crippen LogP contribution in [0.1, 0.15) is 32.6 Å². The number of nitrogens with one attached hydrogen (secondary N) is 2. The Balaban J connectivity index is 2.14. The molecular weight excluding hydrogens is 288 g/mol. The summed E-state index contributed by atoms with van der Waals surface area (Å²) in [7, 11) is 0. The summed E-state index contributed by atoms with van der Waals surface area (Å²) in [5.74, 6) is -0.160. The van der Waals surface area contributed by atoms with Crippen molar-refractivity contribution in [2.45, 2.75) is 27.3 Å². The number of carbonyl (C=O) groups is 1. The van der Waals surface area contributed by atoms with Crippen LogP contribution in [0.15, 0.2) is 36.4 Å². The van der Waals surface area contributed by atoms with Crippen molar-refractivity contribution < 1.29 is 9.90 Å². The van der Waals surface area contributed by atoms with Crippen molar-refractivity contribution in [2.75, 3.05) is 18.5 Å². The summed E-state index contributed by atoms with van der Waals surface area (Å²) in [6.45, 7) is 7.03. The third-order valence-corrected chi connectivity index (χ3v) is 3.95. The molecule has 23 heavy (non-hydrogen) atoms. The van der Waals surface area contributed by atoms with Gasteiger partial charge in [0, 0.05) is 24.3 Å². The molecule has 0 aromatic heterocycles. The van der Waals surface area contributed by atoms with Crippen LogP contribution in [0.4, 0.5) is 5.69 Å². The standard InChI is InChI=1S/C19H24N2O2/c1-13-7-8-14(2)16(11-13)12-21-18-6-4-5-17(15(18)3)19(23)20-9-10-22/h4-8,11,21-22H,9-10,12H2,1-3H3,(H,20,23). The fourth-order valence-electron chi connectivity index (χ4n) is 2.52. The molecule has 2 aromatic carbocycles. The van der Waals surface area contributed by atoms with Crippen LogP contribution >= 0.6 is 0 Å². The van der Waals surface area contributed by atoms with Gasteiger partial charge in [-0.05, 0) is 49.6 Å². The summed E-state index contributed by atoms with van der Waals surface area (Å²) < 4.78 is 0. The molecule has 0 atom stereocenters. The minimum atomic E-state index is -0.160. The molecule has 0 heterocycles. The van der Waals surface area contributed by atoms with E-state index in [0.29, 0.717) is 5.56 Å². The number of aliphatic hydroxyl groups is 1. The Hall–Kier alpha value is -2.33. The van der Waals surface area contributed by atoms with Crippen molar-refractivity contribution >= 4 is 11.6 Å². The zero-order valence-electron chi connectivity index (χ0n) is 13.9. The molecule has 0 aliphatic carbocycles. The lowest BCUT2D eigenvalue weighted by molar-refractivity contribution is 0.0944. The van der Waals surface area contributed by atoms with Gasteiger partial charge in [0.1, 0.15) is 0 Å². The van der Waals surface area contributed by atoms with Crippen molar-refractivity contribution in [3.05, 3.63) is 64.2 Å². The molecule has 3 N–H and O–H groups in total. The number of aliphatic hydroxyl groups excluding tert-OH is 1. The second-order valence-electron chi connectivity index (χ2n) is 5.74. The highest BCUT2D eigenvalue weighted by molar-refractivity contribution is 5.97. The SMILES string of the molecule is Cc1ccc(C)c(CNc2cccc(C(=O)NCCO)c2C)c1. The van der Waals surface area contributed by atoms with Crippen molar-refractivity contribution in [3.8, 4) is 0 Å². The maximum Gasteiger partial charge on any atom is 0.251 e. The summed E-state index contributed by atoms with van der Waals surface area (Å²) in [4.78, 5) is 12.1. The molecule has 0 saturated carbocycles. The Kier molecular flexibility index (Phi) is 5.77. The third-order valence-electron chi connectivity index (χ3n) is 3.95. The minimum Gasteiger partial charge on any atom is -0.395 e. The van der Waals surface area contributed by atoms with Crippen LogP contribution in [0.3, 0.4) is 0 Å². The van der Waals surface area contributed by atoms with E-state index in [4.69, 9.17) is 5.11 Å². The zero-order chi connectivity index (χ0) is 16.8. The molecule has 122 valence electrons. The van der Waals surface area contributed by atoms with Crippen LogP contribution in [0.2, 0.25) is 0 Å². The summed E-state index contributed by atoms with van der Waals surface area (Å²) in [6, 6.07) is 12.0. The molecule has 2 rings (SSSR count). The fourth-order valence-corrected chi connectivity index (χ4v) is 2.52.